The van der Waals surface area contributed by atoms with Crippen LogP contribution in [0.25, 0.3) is 6.08 Å². The molecule has 0 radical (unpaired) electrons. The van der Waals surface area contributed by atoms with Crippen LogP contribution in [-0.2, 0) is 17.1 Å². The van der Waals surface area contributed by atoms with Gasteiger partial charge >= 0.3 is 0 Å². The first-order valence-corrected chi connectivity index (χ1v) is 10.2. The van der Waals surface area contributed by atoms with Gasteiger partial charge in [0.25, 0.3) is 0 Å². The van der Waals surface area contributed by atoms with Crippen molar-refractivity contribution in [3.8, 4) is 0 Å². The maximum Gasteiger partial charge on any atom is 0.246 e. The molecule has 0 unspecified atom stereocenters. The van der Waals surface area contributed by atoms with Gasteiger partial charge in [-0.1, -0.05) is 29.3 Å². The van der Waals surface area contributed by atoms with Gasteiger partial charge in [0.2, 0.25) is 10.0 Å². The van der Waals surface area contributed by atoms with Crippen molar-refractivity contribution in [3.05, 3.63) is 51.6 Å². The van der Waals surface area contributed by atoms with Gasteiger partial charge in [0.05, 0.1) is 11.4 Å². The molecule has 0 saturated carbocycles. The van der Waals surface area contributed by atoms with Crippen LogP contribution in [0.5, 0.6) is 0 Å². The molecule has 0 bridgehead atoms. The lowest BCUT2D eigenvalue weighted by atomic mass is 10.0. The van der Waals surface area contributed by atoms with E-state index >= 15 is 0 Å². The molecule has 0 spiro atoms. The van der Waals surface area contributed by atoms with Crippen molar-refractivity contribution in [1.82, 2.24) is 14.1 Å². The van der Waals surface area contributed by atoms with E-state index in [0.717, 1.165) is 5.57 Å². The minimum absolute atomic E-state index is 0.288. The molecule has 2 aromatic rings. The zero-order valence-electron chi connectivity index (χ0n) is 15.0. The highest BCUT2D eigenvalue weighted by Gasteiger charge is 2.32. The third-order valence-corrected chi connectivity index (χ3v) is 7.11. The summed E-state index contributed by atoms with van der Waals surface area (Å²) in [5.74, 6) is -0.373. The van der Waals surface area contributed by atoms with Gasteiger partial charge in [-0.2, -0.15) is 9.40 Å². The fourth-order valence-electron chi connectivity index (χ4n) is 3.25. The van der Waals surface area contributed by atoms with Crippen molar-refractivity contribution in [2.45, 2.75) is 31.6 Å². The standard InChI is InChI=1S/C18H21ClFN3O2S/c1-12-18(13(2)22(3)21-12)26(24,25)23-8-6-14(7-9-23)10-15-4-5-16(19)11-17(15)20/h4-5,10-11H,6-9H2,1-3H3. The molecule has 1 saturated heterocycles. The molecular weight excluding hydrogens is 377 g/mol. The van der Waals surface area contributed by atoms with E-state index in [2.05, 4.69) is 5.10 Å². The maximum atomic E-state index is 13.9. The largest absolute Gasteiger partial charge is 0.271 e. The van der Waals surface area contributed by atoms with Crippen molar-refractivity contribution >= 4 is 27.7 Å². The van der Waals surface area contributed by atoms with Crippen molar-refractivity contribution in [3.63, 3.8) is 0 Å². The van der Waals surface area contributed by atoms with Crippen molar-refractivity contribution in [2.24, 2.45) is 7.05 Å². The Kier molecular flexibility index (Phi) is 5.23. The highest BCUT2D eigenvalue weighted by atomic mass is 35.5. The predicted octanol–water partition coefficient (Wildman–Crippen LogP) is 3.70. The molecule has 0 amide bonds. The van der Waals surface area contributed by atoms with E-state index in [1.54, 1.807) is 43.8 Å². The Morgan fingerprint density at radius 2 is 1.88 bits per heavy atom. The topological polar surface area (TPSA) is 55.2 Å². The zero-order valence-corrected chi connectivity index (χ0v) is 16.5. The van der Waals surface area contributed by atoms with Crippen molar-refractivity contribution < 1.29 is 12.8 Å². The van der Waals surface area contributed by atoms with E-state index < -0.39 is 10.0 Å². The lowest BCUT2D eigenvalue weighted by Crippen LogP contribution is -2.36. The van der Waals surface area contributed by atoms with Crippen molar-refractivity contribution in [1.29, 1.82) is 0 Å². The summed E-state index contributed by atoms with van der Waals surface area (Å²) in [6.45, 7) is 4.21. The van der Waals surface area contributed by atoms with Gasteiger partial charge in [0, 0.05) is 30.7 Å². The second-order valence-corrected chi connectivity index (χ2v) is 8.81. The van der Waals surface area contributed by atoms with Crippen LogP contribution in [0, 0.1) is 19.7 Å². The molecular formula is C18H21ClFN3O2S. The Labute approximate surface area is 158 Å². The molecule has 0 N–H and O–H groups in total. The second-order valence-electron chi connectivity index (χ2n) is 6.50. The molecule has 1 fully saturated rings. The fraction of sp³-hybridized carbons (Fsp3) is 0.389. The Morgan fingerprint density at radius 3 is 2.42 bits per heavy atom. The first kappa shape index (κ1) is 19.1. The maximum absolute atomic E-state index is 13.9. The number of nitrogens with zero attached hydrogens (tertiary/aromatic N) is 3. The monoisotopic (exact) mass is 397 g/mol. The normalized spacial score (nSPS) is 16.1. The smallest absolute Gasteiger partial charge is 0.246 e. The van der Waals surface area contributed by atoms with Crippen LogP contribution < -0.4 is 0 Å². The van der Waals surface area contributed by atoms with Gasteiger partial charge in [-0.3, -0.25) is 4.68 Å². The van der Waals surface area contributed by atoms with E-state index in [-0.39, 0.29) is 10.7 Å². The Bertz CT molecular complexity index is 973. The third-order valence-electron chi connectivity index (χ3n) is 4.73. The molecule has 1 aliphatic rings. The average Bonchev–Trinajstić information content (AvgIpc) is 2.83. The van der Waals surface area contributed by atoms with E-state index in [0.29, 0.717) is 47.9 Å². The Morgan fingerprint density at radius 1 is 1.23 bits per heavy atom. The van der Waals surface area contributed by atoms with Crippen LogP contribution >= 0.6 is 11.6 Å². The average molecular weight is 398 g/mol. The number of benzene rings is 1. The summed E-state index contributed by atoms with van der Waals surface area (Å²) in [6.07, 6.45) is 2.93. The quantitative estimate of drug-likeness (QED) is 0.793. The number of piperidine rings is 1. The molecule has 0 atom stereocenters. The number of aromatic nitrogens is 2. The summed E-state index contributed by atoms with van der Waals surface area (Å²) >= 11 is 5.77. The van der Waals surface area contributed by atoms with Crippen LogP contribution in [-0.4, -0.2) is 35.6 Å². The molecule has 5 nitrogen and oxygen atoms in total. The van der Waals surface area contributed by atoms with E-state index in [1.807, 2.05) is 0 Å². The minimum atomic E-state index is -3.58. The Balaban J connectivity index is 1.78. The van der Waals surface area contributed by atoms with Gasteiger partial charge in [0.15, 0.2) is 0 Å². The van der Waals surface area contributed by atoms with E-state index in [1.165, 1.54) is 10.4 Å². The molecule has 1 aromatic heterocycles. The molecule has 8 heteroatoms. The summed E-state index contributed by atoms with van der Waals surface area (Å²) < 4.78 is 43.0. The highest BCUT2D eigenvalue weighted by molar-refractivity contribution is 7.89. The van der Waals surface area contributed by atoms with Gasteiger partial charge in [-0.25, -0.2) is 12.8 Å². The van der Waals surface area contributed by atoms with Crippen molar-refractivity contribution in [2.75, 3.05) is 13.1 Å². The second kappa shape index (κ2) is 7.13. The molecule has 1 aromatic carbocycles. The van der Waals surface area contributed by atoms with Crippen LogP contribution in [0.2, 0.25) is 5.02 Å². The fourth-order valence-corrected chi connectivity index (χ4v) is 5.25. The van der Waals surface area contributed by atoms with Gasteiger partial charge in [0.1, 0.15) is 10.7 Å². The zero-order chi connectivity index (χ0) is 19.1. The summed E-state index contributed by atoms with van der Waals surface area (Å²) in [5.41, 5.74) is 2.64. The number of halogens is 2. The number of hydrogen-bond donors (Lipinski definition) is 0. The van der Waals surface area contributed by atoms with Crippen LogP contribution in [0.4, 0.5) is 4.39 Å². The van der Waals surface area contributed by atoms with Crippen LogP contribution in [0.15, 0.2) is 28.7 Å². The van der Waals surface area contributed by atoms with Crippen LogP contribution in [0.3, 0.4) is 0 Å². The molecule has 3 rings (SSSR count). The van der Waals surface area contributed by atoms with E-state index in [4.69, 9.17) is 11.6 Å². The summed E-state index contributed by atoms with van der Waals surface area (Å²) in [7, 11) is -1.85. The lowest BCUT2D eigenvalue weighted by Gasteiger charge is -2.28. The Hall–Kier alpha value is -1.70. The highest BCUT2D eigenvalue weighted by Crippen LogP contribution is 2.28. The minimum Gasteiger partial charge on any atom is -0.271 e. The van der Waals surface area contributed by atoms with Crippen LogP contribution in [0.1, 0.15) is 29.8 Å². The molecule has 26 heavy (non-hydrogen) atoms. The number of aryl methyl sites for hydroxylation is 2. The van der Waals surface area contributed by atoms with E-state index in [9.17, 15) is 12.8 Å². The van der Waals surface area contributed by atoms with Gasteiger partial charge < -0.3 is 0 Å². The lowest BCUT2D eigenvalue weighted by molar-refractivity contribution is 0.387. The summed E-state index contributed by atoms with van der Waals surface area (Å²) in [6, 6.07) is 4.56. The molecule has 0 aliphatic carbocycles. The first-order valence-electron chi connectivity index (χ1n) is 8.35. The number of hydrogen-bond acceptors (Lipinski definition) is 3. The molecule has 1 aliphatic heterocycles. The SMILES string of the molecule is Cc1nn(C)c(C)c1S(=O)(=O)N1CCC(=Cc2ccc(Cl)cc2F)CC1. The molecule has 2 heterocycles. The summed E-state index contributed by atoms with van der Waals surface area (Å²) in [5, 5.41) is 4.56. The third kappa shape index (κ3) is 3.56. The number of sulfonamides is 1. The van der Waals surface area contributed by atoms with Gasteiger partial charge in [-0.15, -0.1) is 0 Å². The molecule has 140 valence electrons. The summed E-state index contributed by atoms with van der Waals surface area (Å²) in [4.78, 5) is 0.288. The predicted molar refractivity (Wildman–Crippen MR) is 100 cm³/mol. The number of rotatable bonds is 3. The van der Waals surface area contributed by atoms with Gasteiger partial charge in [-0.05, 0) is 38.8 Å². The first-order chi connectivity index (χ1) is 12.2.